The molecule has 0 aromatic heterocycles. The summed E-state index contributed by atoms with van der Waals surface area (Å²) in [6.07, 6.45) is -0.648. The normalized spacial score (nSPS) is 11.5. The Kier molecular flexibility index (Phi) is 4.89. The summed E-state index contributed by atoms with van der Waals surface area (Å²) in [4.78, 5) is 42.8. The SMILES string of the molecule is NC(=O)C[C@H](NC(=O)c1ccc(F)c([N+](=O)[O-])c1)C(=O)O. The molecule has 0 radical (unpaired) electrons. The predicted molar refractivity (Wildman–Crippen MR) is 65.8 cm³/mol. The first kappa shape index (κ1) is 16.0. The molecule has 0 fully saturated rings. The van der Waals surface area contributed by atoms with Gasteiger partial charge in [-0.25, -0.2) is 4.79 Å². The Bertz CT molecular complexity index is 618. The summed E-state index contributed by atoms with van der Waals surface area (Å²) < 4.78 is 13.1. The van der Waals surface area contributed by atoms with Gasteiger partial charge in [-0.05, 0) is 12.1 Å². The van der Waals surface area contributed by atoms with Gasteiger partial charge in [0.2, 0.25) is 11.7 Å². The van der Waals surface area contributed by atoms with Gasteiger partial charge in [0, 0.05) is 11.6 Å². The average molecular weight is 299 g/mol. The number of carbonyl (C=O) groups is 3. The molecule has 0 aliphatic heterocycles. The number of nitro benzene ring substituents is 1. The summed E-state index contributed by atoms with van der Waals surface area (Å²) in [7, 11) is 0. The molecule has 1 atom stereocenters. The molecule has 21 heavy (non-hydrogen) atoms. The Morgan fingerprint density at radius 3 is 2.52 bits per heavy atom. The van der Waals surface area contributed by atoms with Crippen molar-refractivity contribution in [3.63, 3.8) is 0 Å². The van der Waals surface area contributed by atoms with Crippen LogP contribution in [0.5, 0.6) is 0 Å². The fraction of sp³-hybridized carbons (Fsp3) is 0.182. The van der Waals surface area contributed by atoms with Crippen LogP contribution in [-0.2, 0) is 9.59 Å². The third-order valence-electron chi connectivity index (χ3n) is 2.41. The van der Waals surface area contributed by atoms with Gasteiger partial charge in [-0.1, -0.05) is 0 Å². The molecule has 0 bridgehead atoms. The number of primary amides is 1. The summed E-state index contributed by atoms with van der Waals surface area (Å²) >= 11 is 0. The predicted octanol–water partition coefficient (Wildman–Crippen LogP) is -0.208. The zero-order chi connectivity index (χ0) is 16.2. The van der Waals surface area contributed by atoms with Crippen molar-refractivity contribution in [2.75, 3.05) is 0 Å². The minimum atomic E-state index is -1.58. The molecule has 1 aromatic rings. The van der Waals surface area contributed by atoms with E-state index in [0.717, 1.165) is 6.07 Å². The number of nitrogens with zero attached hydrogens (tertiary/aromatic N) is 1. The maximum absolute atomic E-state index is 13.1. The number of amides is 2. The highest BCUT2D eigenvalue weighted by Crippen LogP contribution is 2.18. The van der Waals surface area contributed by atoms with Crippen molar-refractivity contribution in [3.8, 4) is 0 Å². The Morgan fingerprint density at radius 1 is 1.43 bits per heavy atom. The highest BCUT2D eigenvalue weighted by molar-refractivity contribution is 5.98. The molecule has 112 valence electrons. The van der Waals surface area contributed by atoms with Gasteiger partial charge in [-0.3, -0.25) is 19.7 Å². The fourth-order valence-electron chi connectivity index (χ4n) is 1.44. The van der Waals surface area contributed by atoms with Crippen LogP contribution in [0.2, 0.25) is 0 Å². The molecule has 0 saturated carbocycles. The fourth-order valence-corrected chi connectivity index (χ4v) is 1.44. The molecule has 1 aromatic carbocycles. The third-order valence-corrected chi connectivity index (χ3v) is 2.41. The van der Waals surface area contributed by atoms with Crippen LogP contribution in [0.1, 0.15) is 16.8 Å². The second-order valence-electron chi connectivity index (χ2n) is 3.96. The van der Waals surface area contributed by atoms with Crippen molar-refractivity contribution in [2.45, 2.75) is 12.5 Å². The van der Waals surface area contributed by atoms with Gasteiger partial charge < -0.3 is 16.2 Å². The van der Waals surface area contributed by atoms with Crippen molar-refractivity contribution in [1.82, 2.24) is 5.32 Å². The molecule has 2 amide bonds. The van der Waals surface area contributed by atoms with E-state index in [4.69, 9.17) is 10.8 Å². The second kappa shape index (κ2) is 6.41. The van der Waals surface area contributed by atoms with Crippen molar-refractivity contribution >= 4 is 23.5 Å². The highest BCUT2D eigenvalue weighted by atomic mass is 19.1. The lowest BCUT2D eigenvalue weighted by molar-refractivity contribution is -0.387. The van der Waals surface area contributed by atoms with E-state index >= 15 is 0 Å². The van der Waals surface area contributed by atoms with Gasteiger partial charge in [0.15, 0.2) is 0 Å². The van der Waals surface area contributed by atoms with Crippen molar-refractivity contribution in [1.29, 1.82) is 0 Å². The number of carboxylic acid groups (broad SMARTS) is 1. The molecule has 9 nitrogen and oxygen atoms in total. The number of halogens is 1. The van der Waals surface area contributed by atoms with Crippen LogP contribution >= 0.6 is 0 Å². The summed E-state index contributed by atoms with van der Waals surface area (Å²) in [6, 6.07) is 0.727. The minimum absolute atomic E-state index is 0.321. The molecule has 0 aliphatic rings. The lowest BCUT2D eigenvalue weighted by Gasteiger charge is -2.12. The molecule has 0 unspecified atom stereocenters. The zero-order valence-electron chi connectivity index (χ0n) is 10.4. The first-order valence-electron chi connectivity index (χ1n) is 5.48. The van der Waals surface area contributed by atoms with Crippen LogP contribution in [0.4, 0.5) is 10.1 Å². The monoisotopic (exact) mass is 299 g/mol. The van der Waals surface area contributed by atoms with Crippen LogP contribution < -0.4 is 11.1 Å². The van der Waals surface area contributed by atoms with Crippen LogP contribution in [0.25, 0.3) is 0 Å². The Morgan fingerprint density at radius 2 is 2.05 bits per heavy atom. The first-order valence-corrected chi connectivity index (χ1v) is 5.48. The molecule has 4 N–H and O–H groups in total. The van der Waals surface area contributed by atoms with Gasteiger partial charge in [0.05, 0.1) is 11.3 Å². The van der Waals surface area contributed by atoms with Crippen molar-refractivity contribution < 1.29 is 28.8 Å². The Balaban J connectivity index is 2.97. The van der Waals surface area contributed by atoms with Gasteiger partial charge in [-0.2, -0.15) is 4.39 Å². The quantitative estimate of drug-likeness (QED) is 0.488. The van der Waals surface area contributed by atoms with E-state index in [0.29, 0.717) is 12.1 Å². The second-order valence-corrected chi connectivity index (χ2v) is 3.96. The lowest BCUT2D eigenvalue weighted by atomic mass is 10.1. The molecule has 1 rings (SSSR count). The number of hydrogen-bond acceptors (Lipinski definition) is 5. The number of nitrogens with one attached hydrogen (secondary N) is 1. The van der Waals surface area contributed by atoms with E-state index in [1.165, 1.54) is 0 Å². The number of benzene rings is 1. The topological polar surface area (TPSA) is 153 Å². The molecular weight excluding hydrogens is 289 g/mol. The van der Waals surface area contributed by atoms with E-state index in [2.05, 4.69) is 0 Å². The summed E-state index contributed by atoms with van der Waals surface area (Å²) in [5, 5.41) is 21.3. The van der Waals surface area contributed by atoms with Crippen molar-refractivity contribution in [2.24, 2.45) is 5.73 Å². The molecular formula is C11H10FN3O6. The van der Waals surface area contributed by atoms with E-state index in [1.807, 2.05) is 5.32 Å². The van der Waals surface area contributed by atoms with Crippen molar-refractivity contribution in [3.05, 3.63) is 39.7 Å². The number of carboxylic acids is 1. The molecule has 0 heterocycles. The number of aliphatic carboxylic acids is 1. The van der Waals surface area contributed by atoms with E-state index in [9.17, 15) is 28.9 Å². The summed E-state index contributed by atoms with van der Waals surface area (Å²) in [5.41, 5.74) is 3.59. The largest absolute Gasteiger partial charge is 0.480 e. The Hall–Kier alpha value is -3.04. The molecule has 10 heteroatoms. The van der Waals surface area contributed by atoms with Gasteiger partial charge >= 0.3 is 11.7 Å². The maximum Gasteiger partial charge on any atom is 0.326 e. The number of nitro groups is 1. The standard InChI is InChI=1S/C11H10FN3O6/c12-6-2-1-5(3-8(6)15(20)21)10(17)14-7(11(18)19)4-9(13)16/h1-3,7H,4H2,(H2,13,16)(H,14,17)(H,18,19)/t7-/m0/s1. The highest BCUT2D eigenvalue weighted by Gasteiger charge is 2.24. The number of carbonyl (C=O) groups excluding carboxylic acids is 2. The molecule has 0 aliphatic carbocycles. The summed E-state index contributed by atoms with van der Waals surface area (Å²) in [5.74, 6) is -4.60. The number of rotatable bonds is 6. The van der Waals surface area contributed by atoms with Gasteiger partial charge in [0.25, 0.3) is 5.91 Å². The van der Waals surface area contributed by atoms with Gasteiger partial charge in [0.1, 0.15) is 6.04 Å². The zero-order valence-corrected chi connectivity index (χ0v) is 10.4. The van der Waals surface area contributed by atoms with Crippen LogP contribution in [-0.4, -0.2) is 33.9 Å². The third kappa shape index (κ3) is 4.23. The minimum Gasteiger partial charge on any atom is -0.480 e. The Labute approximate surface area is 116 Å². The first-order chi connectivity index (χ1) is 9.72. The van der Waals surface area contributed by atoms with E-state index in [1.54, 1.807) is 0 Å². The average Bonchev–Trinajstić information content (AvgIpc) is 2.37. The van der Waals surface area contributed by atoms with Crippen LogP contribution in [0.3, 0.4) is 0 Å². The smallest absolute Gasteiger partial charge is 0.326 e. The number of nitrogens with two attached hydrogens (primary N) is 1. The molecule has 0 saturated heterocycles. The maximum atomic E-state index is 13.1. The van der Waals surface area contributed by atoms with Gasteiger partial charge in [-0.15, -0.1) is 0 Å². The summed E-state index contributed by atoms with van der Waals surface area (Å²) in [6.45, 7) is 0. The van der Waals surface area contributed by atoms with E-state index in [-0.39, 0.29) is 5.56 Å². The number of hydrogen-bond donors (Lipinski definition) is 3. The molecule has 0 spiro atoms. The van der Waals surface area contributed by atoms with Crippen LogP contribution in [0.15, 0.2) is 18.2 Å². The van der Waals surface area contributed by atoms with Crippen LogP contribution in [0, 0.1) is 15.9 Å². The van der Waals surface area contributed by atoms with E-state index < -0.39 is 46.7 Å². The lowest BCUT2D eigenvalue weighted by Crippen LogP contribution is -2.43.